The molecule has 0 aliphatic carbocycles. The van der Waals surface area contributed by atoms with Crippen molar-refractivity contribution in [3.63, 3.8) is 0 Å². The predicted molar refractivity (Wildman–Crippen MR) is 78.1 cm³/mol. The molecule has 0 heterocycles. The molecule has 0 radical (unpaired) electrons. The van der Waals surface area contributed by atoms with Crippen LogP contribution in [0, 0.1) is 12.8 Å². The Kier molecular flexibility index (Phi) is 6.22. The molecular formula is C16H23NO3. The van der Waals surface area contributed by atoms with Gasteiger partial charge < -0.3 is 9.64 Å². The minimum Gasteiger partial charge on any atom is -0.469 e. The highest BCUT2D eigenvalue weighted by Crippen LogP contribution is 2.11. The van der Waals surface area contributed by atoms with Gasteiger partial charge in [-0.1, -0.05) is 43.7 Å². The second-order valence-electron chi connectivity index (χ2n) is 5.23. The van der Waals surface area contributed by atoms with Crippen LogP contribution in [0.1, 0.15) is 31.4 Å². The fourth-order valence-electron chi connectivity index (χ4n) is 1.87. The summed E-state index contributed by atoms with van der Waals surface area (Å²) in [7, 11) is 1.36. The molecule has 1 aromatic carbocycles. The van der Waals surface area contributed by atoms with Gasteiger partial charge in [0.05, 0.1) is 13.5 Å². The fraction of sp³-hybridized carbons (Fsp3) is 0.500. The number of methoxy groups -OCH3 is 1. The molecule has 1 amide bonds. The Balaban J connectivity index is 2.74. The second-order valence-corrected chi connectivity index (χ2v) is 5.23. The van der Waals surface area contributed by atoms with Crippen molar-refractivity contribution in [3.05, 3.63) is 35.4 Å². The number of ether oxygens (including phenoxy) is 1. The molecule has 20 heavy (non-hydrogen) atoms. The summed E-state index contributed by atoms with van der Waals surface area (Å²) in [6.45, 7) is 6.66. The number of nitrogens with zero attached hydrogens (tertiary/aromatic N) is 1. The van der Waals surface area contributed by atoms with Crippen LogP contribution in [0.5, 0.6) is 0 Å². The van der Waals surface area contributed by atoms with Crippen molar-refractivity contribution in [1.82, 2.24) is 4.90 Å². The normalized spacial score (nSPS) is 10.4. The Morgan fingerprint density at radius 1 is 1.20 bits per heavy atom. The third-order valence-corrected chi connectivity index (χ3v) is 3.11. The zero-order valence-corrected chi connectivity index (χ0v) is 12.7. The number of carbonyl (C=O) groups excluding carboxylic acids is 2. The van der Waals surface area contributed by atoms with Gasteiger partial charge in [0.15, 0.2) is 0 Å². The van der Waals surface area contributed by atoms with E-state index in [0.717, 1.165) is 5.56 Å². The van der Waals surface area contributed by atoms with E-state index in [2.05, 4.69) is 4.74 Å². The van der Waals surface area contributed by atoms with Crippen LogP contribution in [-0.2, 0) is 20.9 Å². The van der Waals surface area contributed by atoms with Crippen LogP contribution in [0.4, 0.5) is 0 Å². The molecule has 110 valence electrons. The topological polar surface area (TPSA) is 46.6 Å². The molecule has 0 N–H and O–H groups in total. The van der Waals surface area contributed by atoms with Crippen molar-refractivity contribution in [2.24, 2.45) is 5.92 Å². The summed E-state index contributed by atoms with van der Waals surface area (Å²) in [5.41, 5.74) is 2.25. The van der Waals surface area contributed by atoms with Crippen LogP contribution in [0.2, 0.25) is 0 Å². The molecular weight excluding hydrogens is 254 g/mol. The average molecular weight is 277 g/mol. The van der Waals surface area contributed by atoms with Crippen molar-refractivity contribution in [2.75, 3.05) is 13.7 Å². The van der Waals surface area contributed by atoms with E-state index in [1.807, 2.05) is 45.0 Å². The minimum atomic E-state index is -0.296. The van der Waals surface area contributed by atoms with Gasteiger partial charge in [-0.3, -0.25) is 9.59 Å². The molecule has 4 heteroatoms. The Morgan fingerprint density at radius 2 is 1.80 bits per heavy atom. The summed E-state index contributed by atoms with van der Waals surface area (Å²) >= 11 is 0. The van der Waals surface area contributed by atoms with E-state index in [1.165, 1.54) is 12.7 Å². The van der Waals surface area contributed by atoms with Crippen LogP contribution >= 0.6 is 0 Å². The smallest absolute Gasteiger partial charge is 0.307 e. The largest absolute Gasteiger partial charge is 0.469 e. The summed E-state index contributed by atoms with van der Waals surface area (Å²) < 4.78 is 4.63. The molecule has 0 saturated carbocycles. The Labute approximate surface area is 120 Å². The number of carbonyl (C=O) groups is 2. The number of rotatable bonds is 6. The quantitative estimate of drug-likeness (QED) is 0.751. The standard InChI is InChI=1S/C16H23NO3/c1-12(2)16(19)17(10-9-15(18)20-4)11-14-7-5-13(3)6-8-14/h5-8,12H,9-11H2,1-4H3. The van der Waals surface area contributed by atoms with Crippen molar-refractivity contribution in [1.29, 1.82) is 0 Å². The van der Waals surface area contributed by atoms with Gasteiger partial charge in [0.2, 0.25) is 5.91 Å². The van der Waals surface area contributed by atoms with E-state index in [-0.39, 0.29) is 24.2 Å². The summed E-state index contributed by atoms with van der Waals surface area (Å²) in [6, 6.07) is 8.06. The third-order valence-electron chi connectivity index (χ3n) is 3.11. The fourth-order valence-corrected chi connectivity index (χ4v) is 1.87. The van der Waals surface area contributed by atoms with Gasteiger partial charge in [-0.15, -0.1) is 0 Å². The molecule has 0 saturated heterocycles. The van der Waals surface area contributed by atoms with Crippen molar-refractivity contribution >= 4 is 11.9 Å². The first-order chi connectivity index (χ1) is 9.43. The maximum atomic E-state index is 12.2. The Bertz CT molecular complexity index is 451. The minimum absolute atomic E-state index is 0.0504. The predicted octanol–water partition coefficient (Wildman–Crippen LogP) is 2.54. The van der Waals surface area contributed by atoms with E-state index >= 15 is 0 Å². The number of esters is 1. The van der Waals surface area contributed by atoms with E-state index in [9.17, 15) is 9.59 Å². The molecule has 1 aromatic rings. The number of hydrogen-bond acceptors (Lipinski definition) is 3. The van der Waals surface area contributed by atoms with Crippen LogP contribution in [0.3, 0.4) is 0 Å². The molecule has 0 fully saturated rings. The lowest BCUT2D eigenvalue weighted by Crippen LogP contribution is -2.35. The molecule has 4 nitrogen and oxygen atoms in total. The van der Waals surface area contributed by atoms with E-state index in [0.29, 0.717) is 13.1 Å². The number of benzene rings is 1. The average Bonchev–Trinajstić information content (AvgIpc) is 2.44. The monoisotopic (exact) mass is 277 g/mol. The lowest BCUT2D eigenvalue weighted by molar-refractivity contribution is -0.142. The van der Waals surface area contributed by atoms with Gasteiger partial charge in [0, 0.05) is 19.0 Å². The maximum Gasteiger partial charge on any atom is 0.307 e. The highest BCUT2D eigenvalue weighted by atomic mass is 16.5. The molecule has 0 aliphatic rings. The summed E-state index contributed by atoms with van der Waals surface area (Å²) in [6.07, 6.45) is 0.223. The lowest BCUT2D eigenvalue weighted by atomic mass is 10.1. The van der Waals surface area contributed by atoms with Gasteiger partial charge in [0.25, 0.3) is 0 Å². The summed E-state index contributed by atoms with van der Waals surface area (Å²) in [5.74, 6) is -0.331. The number of aryl methyl sites for hydroxylation is 1. The first kappa shape index (κ1) is 16.2. The van der Waals surface area contributed by atoms with Gasteiger partial charge in [-0.2, -0.15) is 0 Å². The van der Waals surface area contributed by atoms with E-state index in [4.69, 9.17) is 0 Å². The Morgan fingerprint density at radius 3 is 2.30 bits per heavy atom. The molecule has 0 spiro atoms. The summed E-state index contributed by atoms with van der Waals surface area (Å²) in [5, 5.41) is 0. The second kappa shape index (κ2) is 7.68. The Hall–Kier alpha value is -1.84. The first-order valence-corrected chi connectivity index (χ1v) is 6.85. The van der Waals surface area contributed by atoms with Gasteiger partial charge in [-0.25, -0.2) is 0 Å². The molecule has 1 rings (SSSR count). The van der Waals surface area contributed by atoms with Gasteiger partial charge >= 0.3 is 5.97 Å². The van der Waals surface area contributed by atoms with Crippen LogP contribution in [0.15, 0.2) is 24.3 Å². The first-order valence-electron chi connectivity index (χ1n) is 6.85. The molecule has 0 aromatic heterocycles. The molecule has 0 unspecified atom stereocenters. The van der Waals surface area contributed by atoms with Gasteiger partial charge in [-0.05, 0) is 12.5 Å². The zero-order chi connectivity index (χ0) is 15.1. The molecule has 0 aliphatic heterocycles. The summed E-state index contributed by atoms with van der Waals surface area (Å²) in [4.78, 5) is 25.1. The third kappa shape index (κ3) is 5.03. The zero-order valence-electron chi connectivity index (χ0n) is 12.7. The lowest BCUT2D eigenvalue weighted by Gasteiger charge is -2.24. The van der Waals surface area contributed by atoms with E-state index in [1.54, 1.807) is 4.90 Å². The van der Waals surface area contributed by atoms with Crippen molar-refractivity contribution in [3.8, 4) is 0 Å². The van der Waals surface area contributed by atoms with Gasteiger partial charge in [0.1, 0.15) is 0 Å². The van der Waals surface area contributed by atoms with Crippen molar-refractivity contribution < 1.29 is 14.3 Å². The molecule has 0 bridgehead atoms. The van der Waals surface area contributed by atoms with Crippen LogP contribution < -0.4 is 0 Å². The van der Waals surface area contributed by atoms with Crippen LogP contribution in [-0.4, -0.2) is 30.4 Å². The number of amides is 1. The van der Waals surface area contributed by atoms with Crippen LogP contribution in [0.25, 0.3) is 0 Å². The highest BCUT2D eigenvalue weighted by molar-refractivity contribution is 5.79. The van der Waals surface area contributed by atoms with Crippen molar-refractivity contribution in [2.45, 2.75) is 33.7 Å². The van der Waals surface area contributed by atoms with E-state index < -0.39 is 0 Å². The number of hydrogen-bond donors (Lipinski definition) is 0. The molecule has 0 atom stereocenters. The SMILES string of the molecule is COC(=O)CCN(Cc1ccc(C)cc1)C(=O)C(C)C. The highest BCUT2D eigenvalue weighted by Gasteiger charge is 2.18. The maximum absolute atomic E-state index is 12.2.